The monoisotopic (exact) mass is 670 g/mol. The van der Waals surface area contributed by atoms with Crippen LogP contribution in [0.2, 0.25) is 5.02 Å². The number of carbonyl (C=O) groups is 1. The first-order chi connectivity index (χ1) is 20.0. The number of nitrogens with zero attached hydrogens (tertiary/aromatic N) is 4. The molecule has 0 N–H and O–H groups in total. The predicted octanol–water partition coefficient (Wildman–Crippen LogP) is 5.45. The van der Waals surface area contributed by atoms with Gasteiger partial charge in [0.1, 0.15) is 16.0 Å². The van der Waals surface area contributed by atoms with Gasteiger partial charge in [0.15, 0.2) is 4.80 Å². The molecule has 0 saturated carbocycles. The van der Waals surface area contributed by atoms with E-state index < -0.39 is 16.9 Å². The van der Waals surface area contributed by atoms with Crippen LogP contribution >= 0.6 is 38.9 Å². The van der Waals surface area contributed by atoms with Gasteiger partial charge in [-0.25, -0.2) is 9.79 Å². The number of allylic oxidation sites excluding steroid dienone is 1. The molecule has 1 aliphatic heterocycles. The quantitative estimate of drug-likeness (QED) is 0.146. The van der Waals surface area contributed by atoms with Crippen LogP contribution in [-0.2, 0) is 9.53 Å². The molecule has 2 aromatic carbocycles. The topological polar surface area (TPSA) is 120 Å². The van der Waals surface area contributed by atoms with E-state index in [2.05, 4.69) is 20.9 Å². The molecular weight excluding hydrogens is 648 g/mol. The third kappa shape index (κ3) is 5.44. The van der Waals surface area contributed by atoms with E-state index in [-0.39, 0.29) is 27.3 Å². The van der Waals surface area contributed by atoms with Gasteiger partial charge in [0.25, 0.3) is 11.2 Å². The summed E-state index contributed by atoms with van der Waals surface area (Å²) in [6, 6.07) is 13.1. The van der Waals surface area contributed by atoms with E-state index in [1.807, 2.05) is 43.3 Å². The number of halogens is 2. The number of esters is 1. The van der Waals surface area contributed by atoms with E-state index >= 15 is 0 Å². The Labute approximate surface area is 257 Å². The Morgan fingerprint density at radius 3 is 2.62 bits per heavy atom. The lowest BCUT2D eigenvalue weighted by Crippen LogP contribution is -2.39. The second-order valence-electron chi connectivity index (χ2n) is 9.54. The van der Waals surface area contributed by atoms with Crippen LogP contribution in [0.15, 0.2) is 78.5 Å². The van der Waals surface area contributed by atoms with Crippen LogP contribution in [0.25, 0.3) is 17.4 Å². The van der Waals surface area contributed by atoms with Crippen LogP contribution < -0.4 is 19.8 Å². The first-order valence-electron chi connectivity index (χ1n) is 12.7. The highest BCUT2D eigenvalue weighted by Crippen LogP contribution is 2.37. The molecule has 2 aromatic heterocycles. The van der Waals surface area contributed by atoms with E-state index in [1.54, 1.807) is 38.1 Å². The van der Waals surface area contributed by atoms with Gasteiger partial charge in [0.2, 0.25) is 0 Å². The number of rotatable bonds is 7. The molecule has 0 aliphatic carbocycles. The zero-order valence-electron chi connectivity index (χ0n) is 22.9. The molecule has 0 saturated heterocycles. The first kappa shape index (κ1) is 29.5. The summed E-state index contributed by atoms with van der Waals surface area (Å²) in [5.74, 6) is 0.156. The van der Waals surface area contributed by atoms with E-state index in [4.69, 9.17) is 20.8 Å². The van der Waals surface area contributed by atoms with Crippen molar-refractivity contribution in [3.8, 4) is 11.3 Å². The zero-order chi connectivity index (χ0) is 30.3. The lowest BCUT2D eigenvalue weighted by atomic mass is 9.95. The van der Waals surface area contributed by atoms with E-state index in [0.717, 1.165) is 11.3 Å². The van der Waals surface area contributed by atoms with E-state index in [0.29, 0.717) is 37.7 Å². The number of benzene rings is 2. The lowest BCUT2D eigenvalue weighted by Gasteiger charge is -2.25. The van der Waals surface area contributed by atoms with Crippen LogP contribution in [0.1, 0.15) is 31.2 Å². The Bertz CT molecular complexity index is 1940. The van der Waals surface area contributed by atoms with Crippen LogP contribution in [0.4, 0.5) is 11.4 Å². The summed E-state index contributed by atoms with van der Waals surface area (Å²) in [5.41, 5.74) is 2.33. The Kier molecular flexibility index (Phi) is 8.22. The number of anilines is 1. The highest BCUT2D eigenvalue weighted by molar-refractivity contribution is 9.10. The zero-order valence-corrected chi connectivity index (χ0v) is 26.0. The molecule has 13 heteroatoms. The van der Waals surface area contributed by atoms with Crippen LogP contribution in [0.3, 0.4) is 0 Å². The van der Waals surface area contributed by atoms with Crippen LogP contribution in [-0.4, -0.2) is 36.2 Å². The second-order valence-corrected chi connectivity index (χ2v) is 11.7. The second kappa shape index (κ2) is 11.7. The normalized spacial score (nSPS) is 14.9. The predicted molar refractivity (Wildman–Crippen MR) is 165 cm³/mol. The minimum Gasteiger partial charge on any atom is -0.463 e. The molecule has 0 spiro atoms. The smallest absolute Gasteiger partial charge is 0.338 e. The molecule has 0 amide bonds. The molecule has 10 nitrogen and oxygen atoms in total. The summed E-state index contributed by atoms with van der Waals surface area (Å²) >= 11 is 10.5. The maximum Gasteiger partial charge on any atom is 0.338 e. The first-order valence-corrected chi connectivity index (χ1v) is 14.7. The van der Waals surface area contributed by atoms with Crippen molar-refractivity contribution >= 4 is 62.3 Å². The van der Waals surface area contributed by atoms with Gasteiger partial charge in [0.05, 0.1) is 38.4 Å². The van der Waals surface area contributed by atoms with Crippen LogP contribution in [0.5, 0.6) is 0 Å². The number of aromatic nitrogens is 1. The minimum atomic E-state index is -0.740. The number of hydrogen-bond acceptors (Lipinski definition) is 9. The van der Waals surface area contributed by atoms with Crippen molar-refractivity contribution in [2.24, 2.45) is 4.99 Å². The number of fused-ring (bicyclic) bond motifs is 1. The molecule has 0 fully saturated rings. The number of carbonyl (C=O) groups excluding carboxylic acids is 1. The SMILES string of the molecule is CCOC(=O)C1=C(C)N=c2s/c(=C\c3ccc(-c4cc(Cl)c(Br)c([N+](=O)[O-])c4)o3)c(=O)n2[C@@H]1c1ccc(N(C)C)cc1. The average molecular weight is 672 g/mol. The van der Waals surface area contributed by atoms with Crippen molar-refractivity contribution in [3.63, 3.8) is 0 Å². The van der Waals surface area contributed by atoms with Gasteiger partial charge in [-0.2, -0.15) is 0 Å². The fourth-order valence-corrected chi connectivity index (χ4v) is 6.24. The maximum atomic E-state index is 13.8. The number of nitro groups is 1. The standard InChI is InChI=1S/C29H24BrClN4O6S/c1-5-40-28(37)24-15(2)32-29-34(26(24)16-6-8-18(9-7-16)33(3)4)27(36)23(42-29)14-19-10-11-22(41-19)17-12-20(31)25(30)21(13-17)35(38)39/h6-14,26H,5H2,1-4H3/b23-14-/t26-/m1/s1. The summed E-state index contributed by atoms with van der Waals surface area (Å²) < 4.78 is 13.3. The molecule has 3 heterocycles. The van der Waals surface area contributed by atoms with Gasteiger partial charge >= 0.3 is 5.97 Å². The molecule has 1 aliphatic rings. The molecule has 0 radical (unpaired) electrons. The Balaban J connectivity index is 1.62. The van der Waals surface area contributed by atoms with Gasteiger partial charge in [-0.1, -0.05) is 35.1 Å². The van der Waals surface area contributed by atoms with Gasteiger partial charge < -0.3 is 14.1 Å². The number of furan rings is 1. The molecular formula is C29H24BrClN4O6S. The number of nitro benzene ring substituents is 1. The molecule has 0 bridgehead atoms. The summed E-state index contributed by atoms with van der Waals surface area (Å²) in [7, 11) is 3.86. The highest BCUT2D eigenvalue weighted by atomic mass is 79.9. The third-order valence-electron chi connectivity index (χ3n) is 6.63. The molecule has 1 atom stereocenters. The summed E-state index contributed by atoms with van der Waals surface area (Å²) in [5, 5.41) is 11.6. The van der Waals surface area contributed by atoms with Crippen LogP contribution in [0, 0.1) is 10.1 Å². The van der Waals surface area contributed by atoms with Crippen molar-refractivity contribution < 1.29 is 18.9 Å². The summed E-state index contributed by atoms with van der Waals surface area (Å²) in [6.07, 6.45) is 1.58. The minimum absolute atomic E-state index is 0.164. The van der Waals surface area contributed by atoms with Crippen molar-refractivity contribution in [1.29, 1.82) is 0 Å². The van der Waals surface area contributed by atoms with Gasteiger partial charge in [-0.05, 0) is 65.7 Å². The number of hydrogen-bond donors (Lipinski definition) is 0. The molecule has 4 aromatic rings. The summed E-state index contributed by atoms with van der Waals surface area (Å²) in [6.45, 7) is 3.63. The fraction of sp³-hybridized carbons (Fsp3) is 0.207. The maximum absolute atomic E-state index is 13.8. The molecule has 5 rings (SSSR count). The Morgan fingerprint density at radius 1 is 1.26 bits per heavy atom. The van der Waals surface area contributed by atoms with Crippen molar-refractivity contribution in [3.05, 3.63) is 110 Å². The average Bonchev–Trinajstić information content (AvgIpc) is 3.53. The number of ether oxygens (including phenoxy) is 1. The van der Waals surface area contributed by atoms with Gasteiger partial charge in [-0.15, -0.1) is 0 Å². The largest absolute Gasteiger partial charge is 0.463 e. The van der Waals surface area contributed by atoms with Crippen molar-refractivity contribution in [1.82, 2.24) is 4.57 Å². The van der Waals surface area contributed by atoms with Crippen molar-refractivity contribution in [2.75, 3.05) is 25.6 Å². The molecule has 0 unspecified atom stereocenters. The van der Waals surface area contributed by atoms with Gasteiger partial charge in [0, 0.05) is 37.5 Å². The van der Waals surface area contributed by atoms with E-state index in [1.165, 1.54) is 22.0 Å². The molecule has 42 heavy (non-hydrogen) atoms. The van der Waals surface area contributed by atoms with E-state index in [9.17, 15) is 19.7 Å². The Morgan fingerprint density at radius 2 is 1.98 bits per heavy atom. The Hall–Kier alpha value is -4.00. The van der Waals surface area contributed by atoms with Crippen molar-refractivity contribution in [2.45, 2.75) is 19.9 Å². The summed E-state index contributed by atoms with van der Waals surface area (Å²) in [4.78, 5) is 44.8. The third-order valence-corrected chi connectivity index (χ3v) is 8.98. The highest BCUT2D eigenvalue weighted by Gasteiger charge is 2.33. The fourth-order valence-electron chi connectivity index (χ4n) is 4.63. The number of thiazole rings is 1. The van der Waals surface area contributed by atoms with Gasteiger partial charge in [-0.3, -0.25) is 19.5 Å². The lowest BCUT2D eigenvalue weighted by molar-refractivity contribution is -0.385. The molecule has 216 valence electrons.